The van der Waals surface area contributed by atoms with Crippen LogP contribution < -0.4 is 10.6 Å². The maximum atomic E-state index is 12.9. The van der Waals surface area contributed by atoms with Crippen LogP contribution in [0.4, 0.5) is 9.93 Å². The minimum absolute atomic E-state index is 0.0460. The van der Waals surface area contributed by atoms with Gasteiger partial charge in [0.1, 0.15) is 11.5 Å². The molecule has 168 valence electrons. The minimum atomic E-state index is -0.230. The smallest absolute Gasteiger partial charge is 0.317 e. The summed E-state index contributed by atoms with van der Waals surface area (Å²) in [4.78, 5) is 33.6. The number of amides is 3. The first kappa shape index (κ1) is 21.8. The molecule has 0 saturated carbocycles. The summed E-state index contributed by atoms with van der Waals surface area (Å²) in [6.45, 7) is 6.35. The Bertz CT molecular complexity index is 865. The lowest BCUT2D eigenvalue weighted by Gasteiger charge is -2.35. The molecule has 3 amide bonds. The van der Waals surface area contributed by atoms with Gasteiger partial charge < -0.3 is 24.7 Å². The average Bonchev–Trinajstić information content (AvgIpc) is 3.46. The maximum Gasteiger partial charge on any atom is 0.317 e. The van der Waals surface area contributed by atoms with Crippen LogP contribution in [0.25, 0.3) is 0 Å². The Morgan fingerprint density at radius 1 is 1.29 bits per heavy atom. The topological polar surface area (TPSA) is 99.9 Å². The van der Waals surface area contributed by atoms with Crippen molar-refractivity contribution in [1.82, 2.24) is 20.1 Å². The Hall–Kier alpha value is -2.43. The number of piperidine rings is 1. The Balaban J connectivity index is 1.34. The first-order valence-corrected chi connectivity index (χ1v) is 11.6. The van der Waals surface area contributed by atoms with E-state index in [9.17, 15) is 9.59 Å². The number of rotatable bonds is 6. The molecule has 2 aliphatic rings. The van der Waals surface area contributed by atoms with Crippen molar-refractivity contribution < 1.29 is 18.7 Å². The monoisotopic (exact) mass is 447 g/mol. The average molecular weight is 448 g/mol. The van der Waals surface area contributed by atoms with Gasteiger partial charge in [0.2, 0.25) is 5.91 Å². The lowest BCUT2D eigenvalue weighted by Crippen LogP contribution is -2.50. The molecule has 2 aliphatic heterocycles. The van der Waals surface area contributed by atoms with E-state index >= 15 is 0 Å². The first-order chi connectivity index (χ1) is 15.1. The molecule has 2 fully saturated rings. The molecular weight excluding hydrogens is 418 g/mol. The molecule has 0 radical (unpaired) electrons. The van der Waals surface area contributed by atoms with E-state index in [2.05, 4.69) is 20.5 Å². The Morgan fingerprint density at radius 3 is 2.84 bits per heavy atom. The van der Waals surface area contributed by atoms with Crippen LogP contribution in [0.15, 0.2) is 28.1 Å². The molecule has 9 nitrogen and oxygen atoms in total. The molecule has 10 heteroatoms. The summed E-state index contributed by atoms with van der Waals surface area (Å²) in [5, 5.41) is 8.32. The van der Waals surface area contributed by atoms with Crippen molar-refractivity contribution in [2.24, 2.45) is 5.92 Å². The first-order valence-electron chi connectivity index (χ1n) is 10.7. The van der Waals surface area contributed by atoms with E-state index in [0.29, 0.717) is 38.0 Å². The number of urea groups is 1. The van der Waals surface area contributed by atoms with Crippen LogP contribution in [0.3, 0.4) is 0 Å². The summed E-state index contributed by atoms with van der Waals surface area (Å²) in [6, 6.07) is 3.73. The molecule has 2 atom stereocenters. The number of furan rings is 1. The molecule has 0 aromatic carbocycles. The number of ether oxygens (including phenoxy) is 1. The number of hydrogen-bond donors (Lipinski definition) is 2. The Labute approximate surface area is 185 Å². The van der Waals surface area contributed by atoms with E-state index in [0.717, 1.165) is 37.5 Å². The number of aryl methyl sites for hydroxylation is 1. The van der Waals surface area contributed by atoms with Crippen molar-refractivity contribution in [2.75, 3.05) is 51.3 Å². The van der Waals surface area contributed by atoms with E-state index in [1.165, 1.54) is 11.3 Å². The van der Waals surface area contributed by atoms with E-state index in [1.807, 2.05) is 24.4 Å². The molecular formula is C21H29N5O4S. The third kappa shape index (κ3) is 5.63. The Morgan fingerprint density at radius 2 is 2.13 bits per heavy atom. The van der Waals surface area contributed by atoms with Crippen LogP contribution in [-0.4, -0.2) is 72.7 Å². The summed E-state index contributed by atoms with van der Waals surface area (Å²) in [7, 11) is 0. The van der Waals surface area contributed by atoms with Gasteiger partial charge >= 0.3 is 6.03 Å². The number of nitrogens with zero attached hydrogens (tertiary/aromatic N) is 3. The van der Waals surface area contributed by atoms with Gasteiger partial charge in [-0.15, -0.1) is 11.3 Å². The zero-order chi connectivity index (χ0) is 21.6. The molecule has 4 rings (SSSR count). The highest BCUT2D eigenvalue weighted by Crippen LogP contribution is 2.24. The second-order valence-electron chi connectivity index (χ2n) is 7.91. The molecule has 2 N–H and O–H groups in total. The van der Waals surface area contributed by atoms with Gasteiger partial charge in [-0.25, -0.2) is 9.78 Å². The number of morpholine rings is 1. The number of aromatic nitrogens is 1. The molecule has 0 aliphatic carbocycles. The number of likely N-dealkylation sites (tertiary alicyclic amines) is 1. The second-order valence-corrected chi connectivity index (χ2v) is 8.80. The largest absolute Gasteiger partial charge is 0.465 e. The minimum Gasteiger partial charge on any atom is -0.465 e. The fourth-order valence-corrected chi connectivity index (χ4v) is 4.63. The molecule has 0 spiro atoms. The maximum absolute atomic E-state index is 12.9. The molecule has 2 saturated heterocycles. The lowest BCUT2D eigenvalue weighted by atomic mass is 9.97. The number of thiazole rings is 1. The summed E-state index contributed by atoms with van der Waals surface area (Å²) in [6.07, 6.45) is 3.23. The number of carbonyl (C=O) groups excluding carboxylic acids is 2. The van der Waals surface area contributed by atoms with Crippen molar-refractivity contribution >= 4 is 28.4 Å². The zero-order valence-electron chi connectivity index (χ0n) is 17.7. The second kappa shape index (κ2) is 10.3. The lowest BCUT2D eigenvalue weighted by molar-refractivity contribution is -0.121. The van der Waals surface area contributed by atoms with Gasteiger partial charge in [-0.05, 0) is 31.9 Å². The van der Waals surface area contributed by atoms with E-state index in [4.69, 9.17) is 9.15 Å². The summed E-state index contributed by atoms with van der Waals surface area (Å²) >= 11 is 1.39. The summed E-state index contributed by atoms with van der Waals surface area (Å²) < 4.78 is 11.3. The standard InChI is InChI=1S/C21H29N5O4S/c1-15-4-5-18(30-15)17(25-8-10-29-11-9-25)13-23-21(28)26-7-2-3-16(14-26)19(27)24-20-22-6-12-31-20/h4-6,12,16-17H,2-3,7-11,13-14H2,1H3,(H,23,28)(H,22,24,27). The summed E-state index contributed by atoms with van der Waals surface area (Å²) in [5.41, 5.74) is 0. The van der Waals surface area contributed by atoms with Crippen LogP contribution in [-0.2, 0) is 9.53 Å². The normalized spacial score (nSPS) is 20.9. The third-order valence-electron chi connectivity index (χ3n) is 5.76. The SMILES string of the molecule is Cc1ccc(C(CNC(=O)N2CCCC(C(=O)Nc3nccs3)C2)N2CCOCC2)o1. The quantitative estimate of drug-likeness (QED) is 0.706. The highest BCUT2D eigenvalue weighted by molar-refractivity contribution is 7.13. The molecule has 31 heavy (non-hydrogen) atoms. The molecule has 4 heterocycles. The molecule has 2 unspecified atom stereocenters. The van der Waals surface area contributed by atoms with Crippen LogP contribution >= 0.6 is 11.3 Å². The third-order valence-corrected chi connectivity index (χ3v) is 6.45. The number of nitrogens with one attached hydrogen (secondary N) is 2. The van der Waals surface area contributed by atoms with E-state index in [-0.39, 0.29) is 23.9 Å². The van der Waals surface area contributed by atoms with Gasteiger partial charge in [0.25, 0.3) is 0 Å². The number of carbonyl (C=O) groups is 2. The zero-order valence-corrected chi connectivity index (χ0v) is 18.5. The predicted octanol–water partition coefficient (Wildman–Crippen LogP) is 2.48. The highest BCUT2D eigenvalue weighted by Gasteiger charge is 2.30. The van der Waals surface area contributed by atoms with Gasteiger partial charge in [-0.3, -0.25) is 9.69 Å². The van der Waals surface area contributed by atoms with Crippen LogP contribution in [0.5, 0.6) is 0 Å². The van der Waals surface area contributed by atoms with Crippen molar-refractivity contribution in [2.45, 2.75) is 25.8 Å². The fourth-order valence-electron chi connectivity index (χ4n) is 4.10. The summed E-state index contributed by atoms with van der Waals surface area (Å²) in [5.74, 6) is 1.39. The highest BCUT2D eigenvalue weighted by atomic mass is 32.1. The van der Waals surface area contributed by atoms with E-state index in [1.54, 1.807) is 11.1 Å². The van der Waals surface area contributed by atoms with Crippen LogP contribution in [0.1, 0.15) is 30.4 Å². The molecule has 0 bridgehead atoms. The van der Waals surface area contributed by atoms with Crippen molar-refractivity contribution in [1.29, 1.82) is 0 Å². The Kier molecular flexibility index (Phi) is 7.21. The van der Waals surface area contributed by atoms with E-state index < -0.39 is 0 Å². The van der Waals surface area contributed by atoms with Crippen LogP contribution in [0, 0.1) is 12.8 Å². The van der Waals surface area contributed by atoms with Crippen LogP contribution in [0.2, 0.25) is 0 Å². The molecule has 2 aromatic rings. The van der Waals surface area contributed by atoms with Crippen molar-refractivity contribution in [3.05, 3.63) is 35.2 Å². The number of anilines is 1. The van der Waals surface area contributed by atoms with Crippen molar-refractivity contribution in [3.8, 4) is 0 Å². The molecule has 2 aromatic heterocycles. The van der Waals surface area contributed by atoms with Gasteiger partial charge in [-0.2, -0.15) is 0 Å². The van der Waals surface area contributed by atoms with Gasteiger partial charge in [0.15, 0.2) is 5.13 Å². The number of hydrogen-bond acceptors (Lipinski definition) is 7. The van der Waals surface area contributed by atoms with Gasteiger partial charge in [0.05, 0.1) is 25.2 Å². The predicted molar refractivity (Wildman–Crippen MR) is 117 cm³/mol. The van der Waals surface area contributed by atoms with Gasteiger partial charge in [0, 0.05) is 44.3 Å². The van der Waals surface area contributed by atoms with Crippen molar-refractivity contribution in [3.63, 3.8) is 0 Å². The fraction of sp³-hybridized carbons (Fsp3) is 0.571. The van der Waals surface area contributed by atoms with Gasteiger partial charge in [-0.1, -0.05) is 0 Å².